The van der Waals surface area contributed by atoms with Crippen LogP contribution >= 0.6 is 11.3 Å². The second-order valence-electron chi connectivity index (χ2n) is 6.43. The van der Waals surface area contributed by atoms with Crippen LogP contribution in [0.4, 0.5) is 5.69 Å². The Hall–Kier alpha value is -2.67. The smallest absolute Gasteiger partial charge is 0.313 e. The van der Waals surface area contributed by atoms with Crippen molar-refractivity contribution >= 4 is 34.8 Å². The van der Waals surface area contributed by atoms with Gasteiger partial charge < -0.3 is 15.7 Å². The van der Waals surface area contributed by atoms with Crippen LogP contribution in [0.2, 0.25) is 0 Å². The van der Waals surface area contributed by atoms with Gasteiger partial charge in [-0.1, -0.05) is 12.1 Å². The number of carboxylic acid groups (broad SMARTS) is 1. The molecule has 0 bridgehead atoms. The van der Waals surface area contributed by atoms with Crippen LogP contribution in [0.15, 0.2) is 41.1 Å². The number of carbonyl (C=O) groups excluding carboxylic acids is 2. The highest BCUT2D eigenvalue weighted by Crippen LogP contribution is 2.24. The summed E-state index contributed by atoms with van der Waals surface area (Å²) in [5.41, 5.74) is 0.925. The standard InChI is InChI=1S/C19H22N2O4S/c1-19(2,18(24)25)14-5-7-15(8-6-14)21-16(22)4-3-10-20-17(23)13-9-11-26-12-13/h5-9,11-12H,3-4,10H2,1-2H3,(H,20,23)(H,21,22)(H,24,25). The van der Waals surface area contributed by atoms with Crippen molar-refractivity contribution < 1.29 is 19.5 Å². The van der Waals surface area contributed by atoms with Crippen LogP contribution in [0.25, 0.3) is 0 Å². The fourth-order valence-corrected chi connectivity index (χ4v) is 2.90. The molecule has 6 nitrogen and oxygen atoms in total. The summed E-state index contributed by atoms with van der Waals surface area (Å²) in [5, 5.41) is 18.4. The second kappa shape index (κ2) is 8.62. The highest BCUT2D eigenvalue weighted by Gasteiger charge is 2.29. The van der Waals surface area contributed by atoms with Crippen LogP contribution in [-0.2, 0) is 15.0 Å². The van der Waals surface area contributed by atoms with Crippen LogP contribution in [-0.4, -0.2) is 29.4 Å². The lowest BCUT2D eigenvalue weighted by atomic mass is 9.85. The topological polar surface area (TPSA) is 95.5 Å². The van der Waals surface area contributed by atoms with E-state index in [1.54, 1.807) is 49.6 Å². The van der Waals surface area contributed by atoms with Crippen molar-refractivity contribution in [1.29, 1.82) is 0 Å². The lowest BCUT2D eigenvalue weighted by molar-refractivity contribution is -0.142. The largest absolute Gasteiger partial charge is 0.481 e. The van der Waals surface area contributed by atoms with E-state index in [9.17, 15) is 19.5 Å². The summed E-state index contributed by atoms with van der Waals surface area (Å²) >= 11 is 1.46. The molecule has 7 heteroatoms. The number of amides is 2. The van der Waals surface area contributed by atoms with E-state index in [0.29, 0.717) is 29.8 Å². The summed E-state index contributed by atoms with van der Waals surface area (Å²) in [6.45, 7) is 3.69. The lowest BCUT2D eigenvalue weighted by Crippen LogP contribution is -2.28. The molecule has 1 aromatic carbocycles. The Kier molecular flexibility index (Phi) is 6.52. The second-order valence-corrected chi connectivity index (χ2v) is 7.21. The number of thiophene rings is 1. The van der Waals surface area contributed by atoms with Gasteiger partial charge in [-0.3, -0.25) is 14.4 Å². The first kappa shape index (κ1) is 19.7. The van der Waals surface area contributed by atoms with Crippen LogP contribution in [0.1, 0.15) is 42.6 Å². The highest BCUT2D eigenvalue weighted by molar-refractivity contribution is 7.08. The molecule has 0 spiro atoms. The minimum absolute atomic E-state index is 0.136. The van der Waals surface area contributed by atoms with Gasteiger partial charge in [-0.05, 0) is 49.4 Å². The maximum absolute atomic E-state index is 12.0. The first-order valence-corrected chi connectivity index (χ1v) is 9.19. The summed E-state index contributed by atoms with van der Waals surface area (Å²) in [6.07, 6.45) is 0.818. The van der Waals surface area contributed by atoms with Crippen LogP contribution in [0.5, 0.6) is 0 Å². The molecule has 0 aliphatic rings. The zero-order valence-electron chi connectivity index (χ0n) is 14.7. The van der Waals surface area contributed by atoms with E-state index in [2.05, 4.69) is 10.6 Å². The predicted molar refractivity (Wildman–Crippen MR) is 102 cm³/mol. The molecule has 0 atom stereocenters. The molecule has 0 saturated carbocycles. The first-order chi connectivity index (χ1) is 12.3. The van der Waals surface area contributed by atoms with Gasteiger partial charge in [0.15, 0.2) is 0 Å². The third kappa shape index (κ3) is 5.16. The molecule has 2 aromatic rings. The molecular weight excluding hydrogens is 352 g/mol. The number of carbonyl (C=O) groups is 3. The van der Waals surface area contributed by atoms with Gasteiger partial charge in [0.05, 0.1) is 5.41 Å². The number of carboxylic acids is 1. The summed E-state index contributed by atoms with van der Waals surface area (Å²) in [5.74, 6) is -1.19. The molecule has 0 aliphatic heterocycles. The van der Waals surface area contributed by atoms with E-state index >= 15 is 0 Å². The Morgan fingerprint density at radius 1 is 1.12 bits per heavy atom. The van der Waals surface area contributed by atoms with E-state index in [1.165, 1.54) is 11.3 Å². The summed E-state index contributed by atoms with van der Waals surface area (Å²) in [4.78, 5) is 35.0. The molecule has 138 valence electrons. The van der Waals surface area contributed by atoms with Crippen LogP contribution in [0.3, 0.4) is 0 Å². The summed E-state index contributed by atoms with van der Waals surface area (Å²) in [6, 6.07) is 8.53. The molecule has 0 unspecified atom stereocenters. The van der Waals surface area contributed by atoms with Crippen molar-refractivity contribution in [3.05, 3.63) is 52.2 Å². The average molecular weight is 374 g/mol. The van der Waals surface area contributed by atoms with Crippen molar-refractivity contribution in [2.75, 3.05) is 11.9 Å². The third-order valence-corrected chi connectivity index (χ3v) is 4.76. The molecule has 0 aliphatic carbocycles. The zero-order chi connectivity index (χ0) is 19.2. The Balaban J connectivity index is 1.76. The third-order valence-electron chi connectivity index (χ3n) is 4.07. The number of hydrogen-bond acceptors (Lipinski definition) is 4. The minimum atomic E-state index is -0.983. The molecular formula is C19H22N2O4S. The molecule has 0 fully saturated rings. The van der Waals surface area contributed by atoms with E-state index in [1.807, 2.05) is 5.38 Å². The summed E-state index contributed by atoms with van der Waals surface area (Å²) < 4.78 is 0. The fourth-order valence-electron chi connectivity index (χ4n) is 2.26. The first-order valence-electron chi connectivity index (χ1n) is 8.25. The van der Waals surface area contributed by atoms with Crippen molar-refractivity contribution in [3.63, 3.8) is 0 Å². The molecule has 26 heavy (non-hydrogen) atoms. The van der Waals surface area contributed by atoms with Gasteiger partial charge in [-0.15, -0.1) is 0 Å². The number of rotatable bonds is 8. The molecule has 1 heterocycles. The van der Waals surface area contributed by atoms with E-state index in [4.69, 9.17) is 0 Å². The van der Waals surface area contributed by atoms with Crippen molar-refractivity contribution in [2.24, 2.45) is 0 Å². The normalized spacial score (nSPS) is 11.0. The molecule has 3 N–H and O–H groups in total. The Morgan fingerprint density at radius 3 is 2.38 bits per heavy atom. The van der Waals surface area contributed by atoms with Gasteiger partial charge in [-0.25, -0.2) is 0 Å². The maximum atomic E-state index is 12.0. The number of anilines is 1. The van der Waals surface area contributed by atoms with Crippen LogP contribution < -0.4 is 10.6 Å². The van der Waals surface area contributed by atoms with Crippen LogP contribution in [0, 0.1) is 0 Å². The van der Waals surface area contributed by atoms with Crippen molar-refractivity contribution in [2.45, 2.75) is 32.1 Å². The van der Waals surface area contributed by atoms with E-state index < -0.39 is 11.4 Å². The number of aliphatic carboxylic acids is 1. The van der Waals surface area contributed by atoms with E-state index in [0.717, 1.165) is 0 Å². The van der Waals surface area contributed by atoms with Gasteiger partial charge in [0.25, 0.3) is 5.91 Å². The number of hydrogen-bond donors (Lipinski definition) is 3. The Labute approximate surface area is 156 Å². The molecule has 2 rings (SSSR count). The molecule has 2 amide bonds. The van der Waals surface area contributed by atoms with Gasteiger partial charge in [0.2, 0.25) is 5.91 Å². The van der Waals surface area contributed by atoms with Gasteiger partial charge >= 0.3 is 5.97 Å². The maximum Gasteiger partial charge on any atom is 0.313 e. The minimum Gasteiger partial charge on any atom is -0.481 e. The fraction of sp³-hybridized carbons (Fsp3) is 0.316. The van der Waals surface area contributed by atoms with Crippen molar-refractivity contribution in [3.8, 4) is 0 Å². The number of benzene rings is 1. The Bertz CT molecular complexity index is 767. The molecule has 0 radical (unpaired) electrons. The summed E-state index contributed by atoms with van der Waals surface area (Å²) in [7, 11) is 0. The van der Waals surface area contributed by atoms with Gasteiger partial charge in [0.1, 0.15) is 0 Å². The SMILES string of the molecule is CC(C)(C(=O)O)c1ccc(NC(=O)CCCNC(=O)c2ccsc2)cc1. The zero-order valence-corrected chi connectivity index (χ0v) is 15.6. The van der Waals surface area contributed by atoms with Gasteiger partial charge in [0, 0.05) is 29.6 Å². The highest BCUT2D eigenvalue weighted by atomic mass is 32.1. The monoisotopic (exact) mass is 374 g/mol. The van der Waals surface area contributed by atoms with Crippen molar-refractivity contribution in [1.82, 2.24) is 5.32 Å². The van der Waals surface area contributed by atoms with Gasteiger partial charge in [-0.2, -0.15) is 11.3 Å². The Morgan fingerprint density at radius 2 is 1.81 bits per heavy atom. The lowest BCUT2D eigenvalue weighted by Gasteiger charge is -2.19. The quantitative estimate of drug-likeness (QED) is 0.618. The molecule has 1 aromatic heterocycles. The predicted octanol–water partition coefficient (Wildman–Crippen LogP) is 3.26. The molecule has 0 saturated heterocycles. The average Bonchev–Trinajstić information content (AvgIpc) is 3.13. The van der Waals surface area contributed by atoms with E-state index in [-0.39, 0.29) is 18.2 Å². The number of nitrogens with one attached hydrogen (secondary N) is 2.